The first-order valence-corrected chi connectivity index (χ1v) is 9.55. The molecule has 1 heterocycles. The zero-order valence-corrected chi connectivity index (χ0v) is 18.1. The smallest absolute Gasteiger partial charge is 0.328 e. The van der Waals surface area contributed by atoms with Crippen LogP contribution in [0.1, 0.15) is 52.7 Å². The zero-order chi connectivity index (χ0) is 21.9. The first-order chi connectivity index (χ1) is 13.4. The fourth-order valence-electron chi connectivity index (χ4n) is 3.28. The van der Waals surface area contributed by atoms with Crippen LogP contribution in [0, 0.1) is 5.92 Å². The van der Waals surface area contributed by atoms with E-state index in [2.05, 4.69) is 19.9 Å². The van der Waals surface area contributed by atoms with Gasteiger partial charge in [0.2, 0.25) is 0 Å². The third kappa shape index (κ3) is 5.37. The molecule has 0 spiro atoms. The number of hydrogen-bond donors (Lipinski definition) is 1. The minimum Gasteiger partial charge on any atom is -0.496 e. The van der Waals surface area contributed by atoms with Gasteiger partial charge in [-0.1, -0.05) is 19.9 Å². The molecule has 2 rings (SSSR count). The number of benzene rings is 1. The third-order valence-corrected chi connectivity index (χ3v) is 4.72. The summed E-state index contributed by atoms with van der Waals surface area (Å²) in [4.78, 5) is 10.7. The van der Waals surface area contributed by atoms with Crippen molar-refractivity contribution in [2.75, 3.05) is 7.11 Å². The van der Waals surface area contributed by atoms with Gasteiger partial charge in [0.15, 0.2) is 0 Å². The van der Waals surface area contributed by atoms with Crippen molar-refractivity contribution in [1.82, 2.24) is 0 Å². The van der Waals surface area contributed by atoms with Gasteiger partial charge >= 0.3 is 5.97 Å². The summed E-state index contributed by atoms with van der Waals surface area (Å²) in [7, 11) is 1.54. The van der Waals surface area contributed by atoms with Crippen LogP contribution < -0.4 is 9.47 Å². The number of halogens is 1. The maximum absolute atomic E-state index is 14.8. The number of fused-ring (bicyclic) bond motifs is 1. The number of aliphatic carboxylic acids is 1. The number of carbonyl (C=O) groups is 1. The first-order valence-electron chi connectivity index (χ1n) is 9.55. The summed E-state index contributed by atoms with van der Waals surface area (Å²) in [6, 6.07) is 3.70. The molecule has 0 amide bonds. The van der Waals surface area contributed by atoms with E-state index in [0.29, 0.717) is 28.2 Å². The highest BCUT2D eigenvalue weighted by atomic mass is 19.1. The molecule has 0 radical (unpaired) electrons. The maximum atomic E-state index is 14.8. The van der Waals surface area contributed by atoms with Gasteiger partial charge in [-0.3, -0.25) is 0 Å². The van der Waals surface area contributed by atoms with Crippen LogP contribution >= 0.6 is 0 Å². The minimum atomic E-state index is -1.07. The Labute approximate surface area is 172 Å². The summed E-state index contributed by atoms with van der Waals surface area (Å²) in [5.41, 5.74) is 3.10. The Balaban J connectivity index is 2.58. The first kappa shape index (κ1) is 22.5. The topological polar surface area (TPSA) is 55.8 Å². The molecule has 0 unspecified atom stereocenters. The molecular formula is C24H29FO4. The number of methoxy groups -OCH3 is 1. The summed E-state index contributed by atoms with van der Waals surface area (Å²) >= 11 is 0. The molecule has 1 aliphatic rings. The van der Waals surface area contributed by atoms with E-state index < -0.39 is 17.4 Å². The molecule has 1 N–H and O–H groups in total. The minimum absolute atomic E-state index is 0.274. The average molecular weight is 400 g/mol. The molecule has 1 aliphatic heterocycles. The van der Waals surface area contributed by atoms with Crippen LogP contribution in [0.3, 0.4) is 0 Å². The second-order valence-electron chi connectivity index (χ2n) is 8.04. The van der Waals surface area contributed by atoms with Gasteiger partial charge in [-0.25, -0.2) is 9.18 Å². The van der Waals surface area contributed by atoms with Crippen molar-refractivity contribution >= 4 is 17.1 Å². The molecule has 0 atom stereocenters. The van der Waals surface area contributed by atoms with E-state index in [4.69, 9.17) is 14.6 Å². The quantitative estimate of drug-likeness (QED) is 0.457. The van der Waals surface area contributed by atoms with Crippen LogP contribution in [0.4, 0.5) is 4.39 Å². The van der Waals surface area contributed by atoms with E-state index >= 15 is 0 Å². The number of carboxylic acids is 1. The van der Waals surface area contributed by atoms with Crippen molar-refractivity contribution in [2.24, 2.45) is 5.92 Å². The molecule has 0 fully saturated rings. The summed E-state index contributed by atoms with van der Waals surface area (Å²) < 4.78 is 26.4. The Bertz CT molecular complexity index is 930. The second-order valence-corrected chi connectivity index (χ2v) is 8.04. The van der Waals surface area contributed by atoms with E-state index in [1.54, 1.807) is 27.0 Å². The maximum Gasteiger partial charge on any atom is 0.328 e. The molecule has 1 aromatic rings. The summed E-state index contributed by atoms with van der Waals surface area (Å²) in [6.45, 7) is 11.5. The summed E-state index contributed by atoms with van der Waals surface area (Å²) in [5, 5.41) is 8.77. The predicted molar refractivity (Wildman–Crippen MR) is 115 cm³/mol. The Morgan fingerprint density at radius 2 is 1.90 bits per heavy atom. The molecule has 1 aromatic carbocycles. The Kier molecular flexibility index (Phi) is 6.73. The lowest BCUT2D eigenvalue weighted by Crippen LogP contribution is -2.29. The predicted octanol–water partition coefficient (Wildman–Crippen LogP) is 6.19. The van der Waals surface area contributed by atoms with Gasteiger partial charge in [-0.15, -0.1) is 0 Å². The average Bonchev–Trinajstić information content (AvgIpc) is 2.62. The normalized spacial score (nSPS) is 16.9. The van der Waals surface area contributed by atoms with Crippen LogP contribution in [0.2, 0.25) is 0 Å². The van der Waals surface area contributed by atoms with Crippen LogP contribution in [0.15, 0.2) is 47.8 Å². The van der Waals surface area contributed by atoms with Crippen LogP contribution in [0.5, 0.6) is 11.5 Å². The van der Waals surface area contributed by atoms with Gasteiger partial charge in [0.05, 0.1) is 7.11 Å². The van der Waals surface area contributed by atoms with Crippen molar-refractivity contribution in [3.05, 3.63) is 59.0 Å². The van der Waals surface area contributed by atoms with Crippen LogP contribution in [0.25, 0.3) is 11.1 Å². The van der Waals surface area contributed by atoms with Gasteiger partial charge in [0.25, 0.3) is 0 Å². The van der Waals surface area contributed by atoms with E-state index in [1.807, 2.05) is 19.9 Å². The highest BCUT2D eigenvalue weighted by molar-refractivity contribution is 5.82. The Morgan fingerprint density at radius 1 is 1.24 bits per heavy atom. The standard InChI is InChI=1S/C24H29FO4/c1-14(2)19-13-24(5,6)29-22-12-21(28-7)17(11-18(19)22)16(4)20(25)9-8-15(3)10-23(26)27/h8-14H,1-7H3,(H,26,27)/b9-8+,15-10+,20-16+. The molecule has 0 saturated carbocycles. The number of allylic oxidation sites excluding steroid dienone is 6. The molecule has 0 aromatic heterocycles. The van der Waals surface area contributed by atoms with E-state index in [9.17, 15) is 9.18 Å². The van der Waals surface area contributed by atoms with Gasteiger partial charge in [-0.05, 0) is 68.6 Å². The summed E-state index contributed by atoms with van der Waals surface area (Å²) in [6.07, 6.45) is 5.83. The van der Waals surface area contributed by atoms with Gasteiger partial charge in [-0.2, -0.15) is 0 Å². The highest BCUT2D eigenvalue weighted by Gasteiger charge is 2.29. The van der Waals surface area contributed by atoms with Crippen molar-refractivity contribution in [2.45, 2.75) is 47.1 Å². The Hall–Kier alpha value is -2.82. The molecule has 0 saturated heterocycles. The number of hydrogen-bond acceptors (Lipinski definition) is 3. The molecule has 4 nitrogen and oxygen atoms in total. The van der Waals surface area contributed by atoms with Crippen LogP contribution in [-0.2, 0) is 4.79 Å². The van der Waals surface area contributed by atoms with Crippen molar-refractivity contribution in [3.8, 4) is 11.5 Å². The lowest BCUT2D eigenvalue weighted by atomic mass is 9.86. The molecule has 0 aliphatic carbocycles. The van der Waals surface area contributed by atoms with Gasteiger partial charge < -0.3 is 14.6 Å². The lowest BCUT2D eigenvalue weighted by Gasteiger charge is -2.33. The zero-order valence-electron chi connectivity index (χ0n) is 18.1. The largest absolute Gasteiger partial charge is 0.496 e. The lowest BCUT2D eigenvalue weighted by molar-refractivity contribution is -0.131. The summed E-state index contributed by atoms with van der Waals surface area (Å²) in [5.74, 6) is -0.0285. The highest BCUT2D eigenvalue weighted by Crippen LogP contribution is 2.44. The van der Waals surface area contributed by atoms with Crippen LogP contribution in [-0.4, -0.2) is 23.8 Å². The molecule has 156 valence electrons. The van der Waals surface area contributed by atoms with Gasteiger partial charge in [0.1, 0.15) is 22.9 Å². The van der Waals surface area contributed by atoms with Crippen molar-refractivity contribution < 1.29 is 23.8 Å². The fraction of sp³-hybridized carbons (Fsp3) is 0.375. The van der Waals surface area contributed by atoms with E-state index in [0.717, 1.165) is 17.2 Å². The SMILES string of the molecule is COc1cc2c(cc1\C(C)=C(F)/C=C/C(C)=C/C(=O)O)C(C(C)C)=CC(C)(C)O2. The number of carboxylic acid groups (broad SMARTS) is 1. The number of ether oxygens (including phenoxy) is 2. The Morgan fingerprint density at radius 3 is 2.45 bits per heavy atom. The van der Waals surface area contributed by atoms with Gasteiger partial charge in [0, 0.05) is 23.3 Å². The van der Waals surface area contributed by atoms with Crippen molar-refractivity contribution in [1.29, 1.82) is 0 Å². The van der Waals surface area contributed by atoms with E-state index in [1.165, 1.54) is 12.2 Å². The molecule has 29 heavy (non-hydrogen) atoms. The van der Waals surface area contributed by atoms with E-state index in [-0.39, 0.29) is 5.92 Å². The third-order valence-electron chi connectivity index (χ3n) is 4.72. The second kappa shape index (κ2) is 8.68. The molecule has 0 bridgehead atoms. The van der Waals surface area contributed by atoms with Crippen molar-refractivity contribution in [3.63, 3.8) is 0 Å². The molecular weight excluding hydrogens is 371 g/mol. The monoisotopic (exact) mass is 400 g/mol. The number of rotatable bonds is 6. The molecule has 5 heteroatoms. The fourth-order valence-corrected chi connectivity index (χ4v) is 3.28.